The van der Waals surface area contributed by atoms with Gasteiger partial charge in [0.25, 0.3) is 11.8 Å². The van der Waals surface area contributed by atoms with E-state index in [0.29, 0.717) is 21.8 Å². The van der Waals surface area contributed by atoms with Gasteiger partial charge in [0.1, 0.15) is 6.04 Å². The summed E-state index contributed by atoms with van der Waals surface area (Å²) in [4.78, 5) is 37.9. The van der Waals surface area contributed by atoms with Gasteiger partial charge >= 0.3 is 0 Å². The van der Waals surface area contributed by atoms with Gasteiger partial charge in [0.05, 0.1) is 4.88 Å². The molecule has 3 amide bonds. The molecule has 6 nitrogen and oxygen atoms in total. The van der Waals surface area contributed by atoms with E-state index in [1.165, 1.54) is 11.3 Å². The van der Waals surface area contributed by atoms with E-state index in [1.807, 2.05) is 23.6 Å². The lowest BCUT2D eigenvalue weighted by Crippen LogP contribution is -2.36. The maximum absolute atomic E-state index is 13.0. The van der Waals surface area contributed by atoms with Crippen molar-refractivity contribution in [3.8, 4) is 0 Å². The van der Waals surface area contributed by atoms with Crippen LogP contribution in [0.2, 0.25) is 0 Å². The first-order valence-electron chi connectivity index (χ1n) is 9.71. The molecule has 0 bridgehead atoms. The zero-order valence-corrected chi connectivity index (χ0v) is 16.9. The molecule has 1 heterocycles. The van der Waals surface area contributed by atoms with Gasteiger partial charge in [0, 0.05) is 17.3 Å². The van der Waals surface area contributed by atoms with Crippen LogP contribution in [0.4, 0.5) is 11.4 Å². The maximum atomic E-state index is 13.0. The van der Waals surface area contributed by atoms with Crippen LogP contribution in [-0.4, -0.2) is 17.7 Å². The third-order valence-corrected chi connectivity index (χ3v) is 5.65. The molecule has 152 valence electrons. The summed E-state index contributed by atoms with van der Waals surface area (Å²) in [7, 11) is 0. The summed E-state index contributed by atoms with van der Waals surface area (Å²) in [5.74, 6) is -0.483. The Bertz CT molecular complexity index is 1030. The van der Waals surface area contributed by atoms with Gasteiger partial charge in [-0.15, -0.1) is 11.3 Å². The lowest BCUT2D eigenvalue weighted by Gasteiger charge is -2.19. The van der Waals surface area contributed by atoms with Crippen molar-refractivity contribution in [1.29, 1.82) is 0 Å². The Balaban J connectivity index is 1.45. The highest BCUT2D eigenvalue weighted by Gasteiger charge is 2.29. The van der Waals surface area contributed by atoms with Crippen molar-refractivity contribution >= 4 is 40.4 Å². The number of hydrogen-bond donors (Lipinski definition) is 3. The van der Waals surface area contributed by atoms with Crippen LogP contribution in [-0.2, 0) is 9.59 Å². The molecule has 3 N–H and O–H groups in total. The van der Waals surface area contributed by atoms with Gasteiger partial charge in [-0.05, 0) is 54.1 Å². The molecule has 2 aromatic carbocycles. The fraction of sp³-hybridized carbons (Fsp3) is 0.174. The average molecular weight is 420 g/mol. The smallest absolute Gasteiger partial charge is 0.262 e. The molecule has 1 unspecified atom stereocenters. The molecule has 0 saturated heterocycles. The van der Waals surface area contributed by atoms with Crippen molar-refractivity contribution in [2.24, 2.45) is 5.92 Å². The topological polar surface area (TPSA) is 87.3 Å². The predicted molar refractivity (Wildman–Crippen MR) is 117 cm³/mol. The number of nitrogens with one attached hydrogen (secondary N) is 3. The Labute approximate surface area is 178 Å². The number of carbonyl (C=O) groups excluding carboxylic acids is 3. The van der Waals surface area contributed by atoms with E-state index < -0.39 is 6.04 Å². The molecule has 1 aromatic heterocycles. The van der Waals surface area contributed by atoms with Gasteiger partial charge in [0.2, 0.25) is 5.91 Å². The van der Waals surface area contributed by atoms with Crippen LogP contribution in [0.25, 0.3) is 0 Å². The standard InChI is InChI=1S/C23H21N3O3S/c27-21(16-8-9-16)24-17-10-12-18(13-11-17)25-23(29)20(15-5-2-1-3-6-15)26-22(28)19-7-4-14-30-19/h1-7,10-14,16,20H,8-9H2,(H,24,27)(H,25,29)(H,26,28). The highest BCUT2D eigenvalue weighted by molar-refractivity contribution is 7.12. The lowest BCUT2D eigenvalue weighted by atomic mass is 10.1. The van der Waals surface area contributed by atoms with Crippen LogP contribution < -0.4 is 16.0 Å². The summed E-state index contributed by atoms with van der Waals surface area (Å²) in [5, 5.41) is 10.3. The van der Waals surface area contributed by atoms with Gasteiger partial charge in [-0.3, -0.25) is 14.4 Å². The van der Waals surface area contributed by atoms with Gasteiger partial charge in [-0.1, -0.05) is 36.4 Å². The second kappa shape index (κ2) is 8.92. The van der Waals surface area contributed by atoms with Crippen molar-refractivity contribution in [3.05, 3.63) is 82.6 Å². The Kier molecular flexibility index (Phi) is 5.90. The first-order chi connectivity index (χ1) is 14.6. The Morgan fingerprint density at radius 1 is 0.833 bits per heavy atom. The van der Waals surface area contributed by atoms with E-state index in [2.05, 4.69) is 16.0 Å². The number of amides is 3. The van der Waals surface area contributed by atoms with E-state index in [0.717, 1.165) is 12.8 Å². The van der Waals surface area contributed by atoms with E-state index in [1.54, 1.807) is 48.5 Å². The summed E-state index contributed by atoms with van der Waals surface area (Å²) < 4.78 is 0. The van der Waals surface area contributed by atoms with Crippen LogP contribution in [0.15, 0.2) is 72.1 Å². The van der Waals surface area contributed by atoms with Gasteiger partial charge in [-0.25, -0.2) is 0 Å². The van der Waals surface area contributed by atoms with Crippen molar-refractivity contribution < 1.29 is 14.4 Å². The van der Waals surface area contributed by atoms with Crippen LogP contribution >= 0.6 is 11.3 Å². The summed E-state index contributed by atoms with van der Waals surface area (Å²) in [6, 6.07) is 18.7. The summed E-state index contributed by atoms with van der Waals surface area (Å²) >= 11 is 1.32. The summed E-state index contributed by atoms with van der Waals surface area (Å²) in [5.41, 5.74) is 1.96. The minimum absolute atomic E-state index is 0.0345. The monoisotopic (exact) mass is 419 g/mol. The molecule has 0 radical (unpaired) electrons. The number of thiophene rings is 1. The largest absolute Gasteiger partial charge is 0.336 e. The van der Waals surface area contributed by atoms with Crippen molar-refractivity contribution in [3.63, 3.8) is 0 Å². The number of hydrogen-bond acceptors (Lipinski definition) is 4. The SMILES string of the molecule is O=C(NC(C(=O)Nc1ccc(NC(=O)C2CC2)cc1)c1ccccc1)c1cccs1. The fourth-order valence-corrected chi connectivity index (χ4v) is 3.62. The summed E-state index contributed by atoms with van der Waals surface area (Å²) in [6.07, 6.45) is 1.89. The second-order valence-electron chi connectivity index (χ2n) is 7.12. The minimum Gasteiger partial charge on any atom is -0.336 e. The molecule has 1 fully saturated rings. The van der Waals surface area contributed by atoms with Gasteiger partial charge in [0.15, 0.2) is 0 Å². The molecule has 0 spiro atoms. The van der Waals surface area contributed by atoms with E-state index in [4.69, 9.17) is 0 Å². The molecule has 30 heavy (non-hydrogen) atoms. The second-order valence-corrected chi connectivity index (χ2v) is 8.07. The maximum Gasteiger partial charge on any atom is 0.262 e. The minimum atomic E-state index is -0.838. The molecule has 7 heteroatoms. The first kappa shape index (κ1) is 19.8. The first-order valence-corrected chi connectivity index (χ1v) is 10.6. The lowest BCUT2D eigenvalue weighted by molar-refractivity contribution is -0.118. The van der Waals surface area contributed by atoms with Crippen LogP contribution in [0.3, 0.4) is 0 Å². The molecule has 4 rings (SSSR count). The normalized spacial score (nSPS) is 13.9. The predicted octanol–water partition coefficient (Wildman–Crippen LogP) is 4.21. The molecule has 3 aromatic rings. The summed E-state index contributed by atoms with van der Waals surface area (Å²) in [6.45, 7) is 0. The zero-order valence-electron chi connectivity index (χ0n) is 16.1. The number of carbonyl (C=O) groups is 3. The van der Waals surface area contributed by atoms with Crippen molar-refractivity contribution in [1.82, 2.24) is 5.32 Å². The van der Waals surface area contributed by atoms with Crippen LogP contribution in [0, 0.1) is 5.92 Å². The van der Waals surface area contributed by atoms with E-state index in [-0.39, 0.29) is 23.6 Å². The number of benzene rings is 2. The third-order valence-electron chi connectivity index (χ3n) is 4.78. The quantitative estimate of drug-likeness (QED) is 0.536. The fourth-order valence-electron chi connectivity index (χ4n) is 3.00. The molecular formula is C23H21N3O3S. The number of rotatable bonds is 7. The van der Waals surface area contributed by atoms with E-state index >= 15 is 0 Å². The molecule has 1 aliphatic rings. The number of anilines is 2. The highest BCUT2D eigenvalue weighted by Crippen LogP contribution is 2.30. The molecular weight excluding hydrogens is 398 g/mol. The Morgan fingerprint density at radius 2 is 1.50 bits per heavy atom. The Morgan fingerprint density at radius 3 is 2.10 bits per heavy atom. The van der Waals surface area contributed by atoms with Crippen molar-refractivity contribution in [2.75, 3.05) is 10.6 Å². The van der Waals surface area contributed by atoms with E-state index in [9.17, 15) is 14.4 Å². The molecule has 0 aliphatic heterocycles. The van der Waals surface area contributed by atoms with Gasteiger partial charge < -0.3 is 16.0 Å². The molecule has 1 atom stereocenters. The van der Waals surface area contributed by atoms with Crippen LogP contribution in [0.1, 0.15) is 34.1 Å². The Hall–Kier alpha value is -3.45. The highest BCUT2D eigenvalue weighted by atomic mass is 32.1. The molecule has 1 saturated carbocycles. The van der Waals surface area contributed by atoms with Gasteiger partial charge in [-0.2, -0.15) is 0 Å². The third kappa shape index (κ3) is 4.93. The van der Waals surface area contributed by atoms with Crippen molar-refractivity contribution in [2.45, 2.75) is 18.9 Å². The molecule has 1 aliphatic carbocycles. The average Bonchev–Trinajstić information content (AvgIpc) is 3.48. The zero-order chi connectivity index (χ0) is 20.9. The van der Waals surface area contributed by atoms with Crippen LogP contribution in [0.5, 0.6) is 0 Å².